The predicted molar refractivity (Wildman–Crippen MR) is 208 cm³/mol. The van der Waals surface area contributed by atoms with Crippen molar-refractivity contribution in [1.29, 1.82) is 0 Å². The molecule has 0 fully saturated rings. The van der Waals surface area contributed by atoms with Crippen molar-refractivity contribution in [3.8, 4) is 33.8 Å². The number of hydrogen-bond donors (Lipinski definition) is 0. The van der Waals surface area contributed by atoms with Crippen LogP contribution in [-0.4, -0.2) is 28.2 Å². The normalized spacial score (nSPS) is 15.9. The molecule has 4 heterocycles. The second-order valence-electron chi connectivity index (χ2n) is 14.1. The first-order valence-corrected chi connectivity index (χ1v) is 23.5. The van der Waals surface area contributed by atoms with Gasteiger partial charge in [0.2, 0.25) is 5.71 Å². The van der Waals surface area contributed by atoms with E-state index in [1.54, 1.807) is 18.3 Å². The summed E-state index contributed by atoms with van der Waals surface area (Å²) in [7, 11) is 0. The summed E-state index contributed by atoms with van der Waals surface area (Å²) in [6.07, 6.45) is 1.43. The minimum absolute atomic E-state index is 0. The zero-order valence-corrected chi connectivity index (χ0v) is 33.6. The Morgan fingerprint density at radius 2 is 1.59 bits per heavy atom. The summed E-state index contributed by atoms with van der Waals surface area (Å²) in [4.78, 5) is 13.3. The van der Waals surface area contributed by atoms with Crippen LogP contribution in [0.25, 0.3) is 55.8 Å². The molecule has 0 unspecified atom stereocenters. The van der Waals surface area contributed by atoms with Gasteiger partial charge in [-0.1, -0.05) is 59.8 Å². The fourth-order valence-corrected chi connectivity index (χ4v) is 8.52. The average molecular weight is 926 g/mol. The van der Waals surface area contributed by atoms with Gasteiger partial charge in [-0.3, -0.25) is 0 Å². The van der Waals surface area contributed by atoms with E-state index in [-0.39, 0.29) is 59.3 Å². The number of pyridine rings is 3. The number of aromatic nitrogens is 3. The second-order valence-corrected chi connectivity index (χ2v) is 24.7. The summed E-state index contributed by atoms with van der Waals surface area (Å²) < 4.78 is 109. The Hall–Kier alpha value is -3.97. The van der Waals surface area contributed by atoms with E-state index in [4.69, 9.17) is 19.5 Å². The van der Waals surface area contributed by atoms with E-state index in [0.29, 0.717) is 33.3 Å². The molecule has 51 heavy (non-hydrogen) atoms. The van der Waals surface area contributed by atoms with Crippen LogP contribution in [0, 0.1) is 43.9 Å². The standard InChI is InChI=1S/C24H17N2O.C20H27FGeN.Ir/c1-15-12-13-25-21(14-15)18-9-8-16(2)22-19-10-11-20(17-6-4-3-5-7-17)26-24(19)27-23(18)22;1-14-8-9-16(17(21)10-14)19-11-15(12-20(2,3)4)18(13-23-19)22(5,6)7;/h3-8,10-14H,1-2H3;8,10-11,13H,12H2,1-7H3;/q2*-1;/i1D3,2D3;1D3,12D2;. The summed E-state index contributed by atoms with van der Waals surface area (Å²) in [5.41, 5.74) is 3.08. The third kappa shape index (κ3) is 8.74. The molecule has 0 aliphatic rings. The fraction of sp³-hybridized carbons (Fsp3) is 0.250. The first-order valence-electron chi connectivity index (χ1n) is 21.6. The number of fused-ring (bicyclic) bond motifs is 3. The summed E-state index contributed by atoms with van der Waals surface area (Å²) in [6, 6.07) is 27.0. The smallest absolute Gasteiger partial charge is 0.216 e. The van der Waals surface area contributed by atoms with Gasteiger partial charge in [0.05, 0.1) is 11.3 Å². The molecule has 7 aromatic rings. The van der Waals surface area contributed by atoms with Gasteiger partial charge in [0.1, 0.15) is 0 Å². The van der Waals surface area contributed by atoms with Crippen molar-refractivity contribution in [2.24, 2.45) is 5.41 Å². The van der Waals surface area contributed by atoms with Gasteiger partial charge in [-0.05, 0) is 30.7 Å². The van der Waals surface area contributed by atoms with Gasteiger partial charge in [-0.25, -0.2) is 4.98 Å². The van der Waals surface area contributed by atoms with Crippen LogP contribution in [-0.2, 0) is 26.5 Å². The molecule has 7 rings (SSSR count). The zero-order valence-electron chi connectivity index (χ0n) is 40.1. The van der Waals surface area contributed by atoms with E-state index in [0.717, 1.165) is 16.0 Å². The maximum Gasteiger partial charge on any atom is 0.216 e. The Labute approximate surface area is 333 Å². The van der Waals surface area contributed by atoms with E-state index < -0.39 is 51.4 Å². The molecule has 0 aliphatic heterocycles. The van der Waals surface area contributed by atoms with Crippen LogP contribution in [0.2, 0.25) is 17.3 Å². The van der Waals surface area contributed by atoms with Gasteiger partial charge in [0.25, 0.3) is 0 Å². The minimum atomic E-state index is -2.47. The summed E-state index contributed by atoms with van der Waals surface area (Å²) in [5, 5.41) is 0.949. The number of halogens is 1. The Morgan fingerprint density at radius 3 is 2.27 bits per heavy atom. The van der Waals surface area contributed by atoms with Crippen LogP contribution in [0.4, 0.5) is 4.39 Å². The molecule has 0 saturated carbocycles. The largest absolute Gasteiger partial charge is 0.486 e. The third-order valence-corrected chi connectivity index (χ3v) is 12.1. The molecule has 1 radical (unpaired) electrons. The van der Waals surface area contributed by atoms with Gasteiger partial charge in [0, 0.05) is 45.5 Å². The number of rotatable bonds is 5. The van der Waals surface area contributed by atoms with Crippen LogP contribution >= 0.6 is 0 Å². The van der Waals surface area contributed by atoms with Crippen molar-refractivity contribution in [2.45, 2.75) is 65.0 Å². The van der Waals surface area contributed by atoms with Gasteiger partial charge in [-0.2, -0.15) is 0 Å². The van der Waals surface area contributed by atoms with Gasteiger partial charge in [0.15, 0.2) is 0 Å². The zero-order chi connectivity index (χ0) is 45.1. The molecule has 0 amide bonds. The average Bonchev–Trinajstić information content (AvgIpc) is 3.55. The summed E-state index contributed by atoms with van der Waals surface area (Å²) in [5.74, 6) is 5.76. The van der Waals surface area contributed by atoms with E-state index >= 15 is 0 Å². The van der Waals surface area contributed by atoms with Crippen LogP contribution in [0.15, 0.2) is 95.7 Å². The maximum absolute atomic E-state index is 14.7. The molecule has 0 atom stereocenters. The van der Waals surface area contributed by atoms with Crippen molar-refractivity contribution >= 4 is 39.7 Å². The molecule has 3 aromatic carbocycles. The van der Waals surface area contributed by atoms with E-state index in [1.807, 2.05) is 57.2 Å². The Balaban J connectivity index is 0.000000234. The van der Waals surface area contributed by atoms with Crippen molar-refractivity contribution in [1.82, 2.24) is 15.0 Å². The summed E-state index contributed by atoms with van der Waals surface area (Å²) in [6.45, 7) is -1.62. The SMILES string of the molecule is [2H]C([2H])([2H])c1c[c-]c(-c2cc(C([2H])([2H])C(C)(C)C)[c]([Ge]([CH3])([CH3])[CH3])cn2)c(F)c1.[2H]C([2H])([2H])c1ccnc(-c2[c-]cc(C([2H])([2H])[2H])c3c2oc2nc(-c4ccccc4)ccc23)c1.[Ir]. The number of furan rings is 1. The quantitative estimate of drug-likeness (QED) is 0.127. The molecule has 0 aliphatic carbocycles. The van der Waals surface area contributed by atoms with E-state index in [2.05, 4.69) is 44.4 Å². The Morgan fingerprint density at radius 1 is 0.843 bits per heavy atom. The molecule has 4 aromatic heterocycles. The van der Waals surface area contributed by atoms with Crippen LogP contribution in [0.5, 0.6) is 0 Å². The van der Waals surface area contributed by atoms with E-state index in [9.17, 15) is 4.39 Å². The number of hydrogen-bond acceptors (Lipinski definition) is 4. The first-order chi connectivity index (χ1) is 28.1. The number of benzene rings is 3. The first kappa shape index (κ1) is 25.9. The monoisotopic (exact) mass is 927 g/mol. The van der Waals surface area contributed by atoms with Crippen LogP contribution in [0.3, 0.4) is 0 Å². The number of nitrogens with zero attached hydrogens (tertiary/aromatic N) is 3. The molecule has 0 N–H and O–H groups in total. The predicted octanol–water partition coefficient (Wildman–Crippen LogP) is 11.3. The van der Waals surface area contributed by atoms with Gasteiger partial charge in [-0.15, -0.1) is 17.7 Å². The molecular formula is C44H44FGeIrN3O-2. The summed E-state index contributed by atoms with van der Waals surface area (Å²) >= 11 is -2.47. The Kier molecular flexibility index (Phi) is 7.79. The third-order valence-electron chi connectivity index (χ3n) is 7.87. The molecule has 0 bridgehead atoms. The number of aryl methyl sites for hydroxylation is 3. The van der Waals surface area contributed by atoms with Gasteiger partial charge < -0.3 is 9.40 Å². The van der Waals surface area contributed by atoms with Crippen LogP contribution in [0.1, 0.15) is 58.1 Å². The minimum Gasteiger partial charge on any atom is -0.486 e. The second kappa shape index (κ2) is 15.3. The van der Waals surface area contributed by atoms with Gasteiger partial charge >= 0.3 is 149 Å². The topological polar surface area (TPSA) is 51.8 Å². The van der Waals surface area contributed by atoms with Crippen molar-refractivity contribution < 1.29 is 44.0 Å². The maximum atomic E-state index is 14.7. The molecule has 0 spiro atoms. The van der Waals surface area contributed by atoms with E-state index in [1.165, 1.54) is 30.5 Å². The molecule has 4 nitrogen and oxygen atoms in total. The Bertz CT molecular complexity index is 2740. The van der Waals surface area contributed by atoms with Crippen molar-refractivity contribution in [3.05, 3.63) is 131 Å². The fourth-order valence-electron chi connectivity index (χ4n) is 5.59. The molecular weight excluding hydrogens is 870 g/mol. The molecule has 263 valence electrons. The van der Waals surface area contributed by atoms with Crippen molar-refractivity contribution in [3.63, 3.8) is 0 Å². The molecule has 0 saturated heterocycles. The van der Waals surface area contributed by atoms with Crippen LogP contribution < -0.4 is 4.40 Å². The van der Waals surface area contributed by atoms with Crippen molar-refractivity contribution in [2.75, 3.05) is 0 Å². The molecule has 7 heteroatoms.